The molecule has 0 N–H and O–H groups in total. The standard InChI is InChI=1S/C67H46N2/c1-67(2)61-27-12-9-24-55(61)56-35-31-48(42-62(56)67)45-18-15-19-49(39-45)68-63-28-13-10-25-57(63)51-20-5-7-22-53(51)59-40-46(32-36-65(59)68)47-33-37-66-60(41-47)54-23-8-6-21-52(54)58-26-11-14-29-64(58)69(66)50-34-30-43-16-3-4-17-44(43)38-50/h3-42H,1-2H3. The third-order valence-corrected chi connectivity index (χ3v) is 15.1. The van der Waals surface area contributed by atoms with Gasteiger partial charge in [-0.1, -0.05) is 190 Å². The van der Waals surface area contributed by atoms with Gasteiger partial charge < -0.3 is 9.80 Å². The van der Waals surface area contributed by atoms with Crippen molar-refractivity contribution < 1.29 is 0 Å². The number of hydrogen-bond acceptors (Lipinski definition) is 2. The molecular formula is C67H46N2. The van der Waals surface area contributed by atoms with E-state index in [4.69, 9.17) is 0 Å². The van der Waals surface area contributed by atoms with Crippen LogP contribution in [-0.4, -0.2) is 0 Å². The van der Waals surface area contributed by atoms with Crippen LogP contribution in [0.15, 0.2) is 243 Å². The minimum atomic E-state index is -0.0754. The van der Waals surface area contributed by atoms with Crippen molar-refractivity contribution >= 4 is 44.9 Å². The molecule has 0 spiro atoms. The van der Waals surface area contributed by atoms with Crippen molar-refractivity contribution in [2.24, 2.45) is 0 Å². The highest BCUT2D eigenvalue weighted by molar-refractivity contribution is 6.06. The van der Waals surface area contributed by atoms with E-state index in [1.54, 1.807) is 0 Å². The monoisotopic (exact) mass is 878 g/mol. The zero-order valence-electron chi connectivity index (χ0n) is 38.5. The van der Waals surface area contributed by atoms with Crippen molar-refractivity contribution in [3.8, 4) is 77.9 Å². The summed E-state index contributed by atoms with van der Waals surface area (Å²) in [5.74, 6) is 0. The number of para-hydroxylation sites is 2. The van der Waals surface area contributed by atoms with Crippen molar-refractivity contribution in [3.05, 3.63) is 254 Å². The molecule has 14 rings (SSSR count). The summed E-state index contributed by atoms with van der Waals surface area (Å²) in [4.78, 5) is 4.94. The van der Waals surface area contributed by atoms with Gasteiger partial charge in [0.05, 0.1) is 22.7 Å². The Labute approximate surface area is 403 Å². The van der Waals surface area contributed by atoms with Crippen molar-refractivity contribution in [1.82, 2.24) is 0 Å². The molecule has 0 fully saturated rings. The summed E-state index contributed by atoms with van der Waals surface area (Å²) in [5, 5.41) is 2.45. The average Bonchev–Trinajstić information content (AvgIpc) is 3.48. The Kier molecular flexibility index (Phi) is 8.66. The van der Waals surface area contributed by atoms with E-state index in [2.05, 4.69) is 266 Å². The molecule has 2 aliphatic heterocycles. The summed E-state index contributed by atoms with van der Waals surface area (Å²) in [7, 11) is 0. The van der Waals surface area contributed by atoms with Crippen molar-refractivity contribution in [1.29, 1.82) is 0 Å². The maximum atomic E-state index is 2.48. The number of anilines is 6. The number of fused-ring (bicyclic) bond motifs is 14. The summed E-state index contributed by atoms with van der Waals surface area (Å²) in [6.45, 7) is 4.72. The molecule has 2 heterocycles. The number of benzene rings is 11. The van der Waals surface area contributed by atoms with E-state index >= 15 is 0 Å². The van der Waals surface area contributed by atoms with Crippen LogP contribution in [0, 0.1) is 0 Å². The third-order valence-electron chi connectivity index (χ3n) is 15.1. The largest absolute Gasteiger partial charge is 0.309 e. The van der Waals surface area contributed by atoms with Crippen LogP contribution >= 0.6 is 0 Å². The molecule has 0 unspecified atom stereocenters. The Morgan fingerprint density at radius 3 is 1.30 bits per heavy atom. The highest BCUT2D eigenvalue weighted by Gasteiger charge is 2.35. The topological polar surface area (TPSA) is 6.48 Å². The molecule has 0 radical (unpaired) electrons. The lowest BCUT2D eigenvalue weighted by Crippen LogP contribution is -2.14. The average molecular weight is 879 g/mol. The summed E-state index contributed by atoms with van der Waals surface area (Å²) in [5.41, 5.74) is 26.8. The predicted molar refractivity (Wildman–Crippen MR) is 291 cm³/mol. The van der Waals surface area contributed by atoms with Gasteiger partial charge in [0.2, 0.25) is 0 Å². The molecule has 2 heteroatoms. The van der Waals surface area contributed by atoms with E-state index in [1.165, 1.54) is 105 Å². The highest BCUT2D eigenvalue weighted by Crippen LogP contribution is 2.55. The van der Waals surface area contributed by atoms with Gasteiger partial charge in [0.1, 0.15) is 0 Å². The van der Waals surface area contributed by atoms with Crippen LogP contribution in [0.25, 0.3) is 88.7 Å². The van der Waals surface area contributed by atoms with E-state index in [9.17, 15) is 0 Å². The molecule has 69 heavy (non-hydrogen) atoms. The zero-order chi connectivity index (χ0) is 45.8. The lowest BCUT2D eigenvalue weighted by Gasteiger charge is -2.28. The minimum absolute atomic E-state index is 0.0754. The van der Waals surface area contributed by atoms with Crippen LogP contribution in [0.4, 0.5) is 34.1 Å². The second kappa shape index (κ2) is 15.2. The van der Waals surface area contributed by atoms with Crippen LogP contribution in [-0.2, 0) is 5.41 Å². The molecule has 0 atom stereocenters. The van der Waals surface area contributed by atoms with Gasteiger partial charge in [0.15, 0.2) is 0 Å². The second-order valence-electron chi connectivity index (χ2n) is 19.3. The highest BCUT2D eigenvalue weighted by atomic mass is 15.2. The Morgan fingerprint density at radius 1 is 0.246 bits per heavy atom. The summed E-state index contributed by atoms with van der Waals surface area (Å²) in [6, 6.07) is 90.3. The Bertz CT molecular complexity index is 3910. The van der Waals surface area contributed by atoms with Crippen LogP contribution in [0.2, 0.25) is 0 Å². The number of nitrogens with zero attached hydrogens (tertiary/aromatic N) is 2. The van der Waals surface area contributed by atoms with Gasteiger partial charge in [0, 0.05) is 39.0 Å². The van der Waals surface area contributed by atoms with E-state index in [0.29, 0.717) is 0 Å². The van der Waals surface area contributed by atoms with Crippen molar-refractivity contribution in [2.75, 3.05) is 9.80 Å². The molecule has 11 aromatic rings. The quantitative estimate of drug-likeness (QED) is 0.174. The fraction of sp³-hybridized carbons (Fsp3) is 0.0448. The van der Waals surface area contributed by atoms with Gasteiger partial charge in [-0.2, -0.15) is 0 Å². The number of rotatable bonds is 4. The van der Waals surface area contributed by atoms with Crippen LogP contribution in [0.1, 0.15) is 25.0 Å². The first-order chi connectivity index (χ1) is 34.0. The smallest absolute Gasteiger partial charge is 0.0540 e. The predicted octanol–water partition coefficient (Wildman–Crippen LogP) is 18.7. The molecule has 2 nitrogen and oxygen atoms in total. The first kappa shape index (κ1) is 39.4. The minimum Gasteiger partial charge on any atom is -0.309 e. The van der Waals surface area contributed by atoms with E-state index in [-0.39, 0.29) is 5.41 Å². The summed E-state index contributed by atoms with van der Waals surface area (Å²) in [6.07, 6.45) is 0. The molecule has 0 amide bonds. The Morgan fingerprint density at radius 2 is 0.681 bits per heavy atom. The molecule has 3 aliphatic rings. The van der Waals surface area contributed by atoms with Gasteiger partial charge in [0.25, 0.3) is 0 Å². The molecular weight excluding hydrogens is 833 g/mol. The molecule has 11 aromatic carbocycles. The second-order valence-corrected chi connectivity index (χ2v) is 19.3. The lowest BCUT2D eigenvalue weighted by molar-refractivity contribution is 0.660. The number of hydrogen-bond donors (Lipinski definition) is 0. The first-order valence-electron chi connectivity index (χ1n) is 24.1. The summed E-state index contributed by atoms with van der Waals surface area (Å²) >= 11 is 0. The van der Waals surface area contributed by atoms with Crippen molar-refractivity contribution in [2.45, 2.75) is 19.3 Å². The lowest BCUT2D eigenvalue weighted by atomic mass is 9.81. The van der Waals surface area contributed by atoms with Gasteiger partial charge in [-0.25, -0.2) is 0 Å². The van der Waals surface area contributed by atoms with Gasteiger partial charge in [-0.05, 0) is 144 Å². The fourth-order valence-electron chi connectivity index (χ4n) is 11.8. The summed E-state index contributed by atoms with van der Waals surface area (Å²) < 4.78 is 0. The van der Waals surface area contributed by atoms with Crippen LogP contribution < -0.4 is 9.80 Å². The van der Waals surface area contributed by atoms with Crippen molar-refractivity contribution in [3.63, 3.8) is 0 Å². The van der Waals surface area contributed by atoms with Gasteiger partial charge in [-0.3, -0.25) is 0 Å². The Balaban J connectivity index is 0.930. The van der Waals surface area contributed by atoms with Crippen LogP contribution in [0.5, 0.6) is 0 Å². The fourth-order valence-corrected chi connectivity index (χ4v) is 11.8. The molecule has 324 valence electrons. The first-order valence-corrected chi connectivity index (χ1v) is 24.1. The van der Waals surface area contributed by atoms with Gasteiger partial charge >= 0.3 is 0 Å². The molecule has 0 saturated carbocycles. The zero-order valence-corrected chi connectivity index (χ0v) is 38.5. The van der Waals surface area contributed by atoms with Gasteiger partial charge in [-0.15, -0.1) is 0 Å². The van der Waals surface area contributed by atoms with E-state index in [1.807, 2.05) is 0 Å². The molecule has 0 bridgehead atoms. The SMILES string of the molecule is CC1(C)c2ccccc2-c2ccc(-c3cccc(N4c5ccccc5-c5ccccc5-c5cc(-c6ccc7c(c6)-c6ccccc6-c6ccccc6N7c6ccc7ccccc7c6)ccc54)c3)cc21. The third kappa shape index (κ3) is 6.05. The van der Waals surface area contributed by atoms with E-state index < -0.39 is 0 Å². The molecule has 1 aliphatic carbocycles. The van der Waals surface area contributed by atoms with Crippen LogP contribution in [0.3, 0.4) is 0 Å². The normalized spacial score (nSPS) is 13.4. The maximum absolute atomic E-state index is 2.48. The van der Waals surface area contributed by atoms with E-state index in [0.717, 1.165) is 28.4 Å². The Hall–Kier alpha value is -8.72. The molecule has 0 aromatic heterocycles. The maximum Gasteiger partial charge on any atom is 0.0540 e. The molecule has 0 saturated heterocycles.